The van der Waals surface area contributed by atoms with Crippen LogP contribution in [-0.2, 0) is 0 Å². The van der Waals surface area contributed by atoms with Crippen molar-refractivity contribution in [2.45, 2.75) is 59.1 Å². The second kappa shape index (κ2) is 7.34. The normalized spacial score (nSPS) is 16.2. The second-order valence-corrected chi connectivity index (χ2v) is 4.11. The van der Waals surface area contributed by atoms with Crippen LogP contribution in [-0.4, -0.2) is 23.8 Å². The van der Waals surface area contributed by atoms with Gasteiger partial charge >= 0.3 is 0 Å². The first-order valence-electron chi connectivity index (χ1n) is 5.53. The summed E-state index contributed by atoms with van der Waals surface area (Å²) in [4.78, 5) is 0. The van der Waals surface area contributed by atoms with Gasteiger partial charge in [0.05, 0.1) is 6.10 Å². The highest BCUT2D eigenvalue weighted by Gasteiger charge is 2.11. The molecule has 2 N–H and O–H groups in total. The Morgan fingerprint density at radius 3 is 2.23 bits per heavy atom. The van der Waals surface area contributed by atoms with Crippen LogP contribution in [0.15, 0.2) is 0 Å². The van der Waals surface area contributed by atoms with Crippen LogP contribution in [0.5, 0.6) is 0 Å². The van der Waals surface area contributed by atoms with Crippen molar-refractivity contribution in [2.75, 3.05) is 6.54 Å². The highest BCUT2D eigenvalue weighted by Crippen LogP contribution is 2.05. The van der Waals surface area contributed by atoms with E-state index in [2.05, 4.69) is 33.0 Å². The average Bonchev–Trinajstić information content (AvgIpc) is 2.05. The van der Waals surface area contributed by atoms with Crippen LogP contribution >= 0.6 is 0 Å². The molecule has 0 aliphatic rings. The average molecular weight is 187 g/mol. The molecule has 0 aliphatic heterocycles. The molecule has 0 rings (SSSR count). The molecule has 0 heterocycles. The van der Waals surface area contributed by atoms with E-state index in [-0.39, 0.29) is 6.10 Å². The zero-order chi connectivity index (χ0) is 10.3. The molecule has 80 valence electrons. The van der Waals surface area contributed by atoms with Gasteiger partial charge in [0, 0.05) is 12.6 Å². The standard InChI is InChI=1S/C11H25NO/c1-5-7-10(13)8-12-11(6-2)9(3)4/h9-13H,5-8H2,1-4H3. The third kappa shape index (κ3) is 6.05. The largest absolute Gasteiger partial charge is 0.392 e. The summed E-state index contributed by atoms with van der Waals surface area (Å²) >= 11 is 0. The first-order valence-corrected chi connectivity index (χ1v) is 5.53. The number of aliphatic hydroxyl groups excluding tert-OH is 1. The first kappa shape index (κ1) is 12.9. The Morgan fingerprint density at radius 2 is 1.85 bits per heavy atom. The fraction of sp³-hybridized carbons (Fsp3) is 1.00. The van der Waals surface area contributed by atoms with Gasteiger partial charge in [-0.1, -0.05) is 34.1 Å². The van der Waals surface area contributed by atoms with Crippen molar-refractivity contribution >= 4 is 0 Å². The van der Waals surface area contributed by atoms with Crippen molar-refractivity contribution in [3.05, 3.63) is 0 Å². The molecule has 0 fully saturated rings. The maximum absolute atomic E-state index is 9.51. The summed E-state index contributed by atoms with van der Waals surface area (Å²) in [6.45, 7) is 9.46. The topological polar surface area (TPSA) is 32.3 Å². The van der Waals surface area contributed by atoms with E-state index in [9.17, 15) is 5.11 Å². The summed E-state index contributed by atoms with van der Waals surface area (Å²) in [5.41, 5.74) is 0. The SMILES string of the molecule is CCCC(O)CNC(CC)C(C)C. The van der Waals surface area contributed by atoms with Crippen LogP contribution in [0.4, 0.5) is 0 Å². The molecule has 2 nitrogen and oxygen atoms in total. The zero-order valence-corrected chi connectivity index (χ0v) is 9.51. The maximum atomic E-state index is 9.51. The first-order chi connectivity index (χ1) is 6.11. The van der Waals surface area contributed by atoms with Crippen LogP contribution < -0.4 is 5.32 Å². The predicted octanol–water partition coefficient (Wildman–Crippen LogP) is 2.17. The lowest BCUT2D eigenvalue weighted by molar-refractivity contribution is 0.152. The molecule has 0 amide bonds. The maximum Gasteiger partial charge on any atom is 0.0664 e. The minimum atomic E-state index is -0.169. The Kier molecular flexibility index (Phi) is 7.29. The van der Waals surface area contributed by atoms with E-state index in [4.69, 9.17) is 0 Å². The molecular weight excluding hydrogens is 162 g/mol. The Morgan fingerprint density at radius 1 is 1.23 bits per heavy atom. The number of nitrogens with one attached hydrogen (secondary N) is 1. The number of rotatable bonds is 7. The van der Waals surface area contributed by atoms with Crippen LogP contribution in [0.3, 0.4) is 0 Å². The van der Waals surface area contributed by atoms with E-state index >= 15 is 0 Å². The highest BCUT2D eigenvalue weighted by atomic mass is 16.3. The van der Waals surface area contributed by atoms with Gasteiger partial charge in [0.15, 0.2) is 0 Å². The Labute approximate surface area is 82.7 Å². The van der Waals surface area contributed by atoms with Gasteiger partial charge in [0.1, 0.15) is 0 Å². The van der Waals surface area contributed by atoms with Crippen LogP contribution in [0, 0.1) is 5.92 Å². The molecule has 0 saturated carbocycles. The molecule has 2 atom stereocenters. The lowest BCUT2D eigenvalue weighted by Crippen LogP contribution is -2.38. The lowest BCUT2D eigenvalue weighted by atomic mass is 10.0. The van der Waals surface area contributed by atoms with E-state index in [1.807, 2.05) is 0 Å². The van der Waals surface area contributed by atoms with E-state index in [1.54, 1.807) is 0 Å². The molecule has 13 heavy (non-hydrogen) atoms. The van der Waals surface area contributed by atoms with Crippen molar-refractivity contribution in [1.82, 2.24) is 5.32 Å². The van der Waals surface area contributed by atoms with Gasteiger partial charge in [-0.05, 0) is 18.8 Å². The van der Waals surface area contributed by atoms with Gasteiger partial charge < -0.3 is 10.4 Å². The minimum Gasteiger partial charge on any atom is -0.392 e. The van der Waals surface area contributed by atoms with Crippen LogP contribution in [0.25, 0.3) is 0 Å². The zero-order valence-electron chi connectivity index (χ0n) is 9.51. The molecule has 0 radical (unpaired) electrons. The number of hydrogen-bond donors (Lipinski definition) is 2. The fourth-order valence-corrected chi connectivity index (χ4v) is 1.57. The Bertz CT molecular complexity index is 115. The molecule has 0 spiro atoms. The Balaban J connectivity index is 3.59. The molecule has 2 unspecified atom stereocenters. The monoisotopic (exact) mass is 187 g/mol. The minimum absolute atomic E-state index is 0.169. The smallest absolute Gasteiger partial charge is 0.0664 e. The fourth-order valence-electron chi connectivity index (χ4n) is 1.57. The summed E-state index contributed by atoms with van der Waals surface area (Å²) in [6.07, 6.45) is 2.93. The van der Waals surface area contributed by atoms with E-state index < -0.39 is 0 Å². The van der Waals surface area contributed by atoms with Gasteiger partial charge in [-0.15, -0.1) is 0 Å². The quantitative estimate of drug-likeness (QED) is 0.640. The van der Waals surface area contributed by atoms with Crippen molar-refractivity contribution in [3.8, 4) is 0 Å². The molecule has 0 aromatic heterocycles. The van der Waals surface area contributed by atoms with Crippen molar-refractivity contribution < 1.29 is 5.11 Å². The Hall–Kier alpha value is -0.0800. The molecular formula is C11H25NO. The van der Waals surface area contributed by atoms with Crippen LogP contribution in [0.2, 0.25) is 0 Å². The van der Waals surface area contributed by atoms with Gasteiger partial charge in [-0.2, -0.15) is 0 Å². The molecule has 0 aromatic rings. The van der Waals surface area contributed by atoms with Gasteiger partial charge in [0.2, 0.25) is 0 Å². The molecule has 0 aliphatic carbocycles. The summed E-state index contributed by atoms with van der Waals surface area (Å²) in [7, 11) is 0. The predicted molar refractivity (Wildman–Crippen MR) is 57.8 cm³/mol. The molecule has 0 saturated heterocycles. The summed E-state index contributed by atoms with van der Waals surface area (Å²) in [5, 5.41) is 12.9. The third-order valence-corrected chi connectivity index (χ3v) is 2.48. The van der Waals surface area contributed by atoms with Crippen molar-refractivity contribution in [3.63, 3.8) is 0 Å². The lowest BCUT2D eigenvalue weighted by Gasteiger charge is -2.22. The van der Waals surface area contributed by atoms with Crippen molar-refractivity contribution in [2.24, 2.45) is 5.92 Å². The van der Waals surface area contributed by atoms with Gasteiger partial charge in [-0.25, -0.2) is 0 Å². The van der Waals surface area contributed by atoms with Gasteiger partial charge in [0.25, 0.3) is 0 Å². The summed E-state index contributed by atoms with van der Waals surface area (Å²) in [5.74, 6) is 0.652. The highest BCUT2D eigenvalue weighted by molar-refractivity contribution is 4.70. The van der Waals surface area contributed by atoms with Gasteiger partial charge in [-0.3, -0.25) is 0 Å². The third-order valence-electron chi connectivity index (χ3n) is 2.48. The van der Waals surface area contributed by atoms with E-state index in [1.165, 1.54) is 0 Å². The number of hydrogen-bond acceptors (Lipinski definition) is 2. The number of aliphatic hydroxyl groups is 1. The van der Waals surface area contributed by atoms with E-state index in [0.29, 0.717) is 12.0 Å². The molecule has 0 bridgehead atoms. The molecule has 2 heteroatoms. The summed E-state index contributed by atoms with van der Waals surface area (Å²) in [6, 6.07) is 0.548. The van der Waals surface area contributed by atoms with Crippen molar-refractivity contribution in [1.29, 1.82) is 0 Å². The molecule has 0 aromatic carbocycles. The van der Waals surface area contributed by atoms with E-state index in [0.717, 1.165) is 25.8 Å². The summed E-state index contributed by atoms with van der Waals surface area (Å²) < 4.78 is 0. The second-order valence-electron chi connectivity index (χ2n) is 4.11. The van der Waals surface area contributed by atoms with Crippen LogP contribution in [0.1, 0.15) is 47.0 Å².